The monoisotopic (exact) mass is 519 g/mol. The summed E-state index contributed by atoms with van der Waals surface area (Å²) < 4.78 is 39.5. The molecule has 2 heterocycles. The Kier molecular flexibility index (Phi) is 7.28. The number of nitrogens with zero attached hydrogens (tertiary/aromatic N) is 3. The zero-order valence-corrected chi connectivity index (χ0v) is 20.3. The van der Waals surface area contributed by atoms with Crippen LogP contribution in [0.25, 0.3) is 0 Å². The molecular weight excluding hydrogens is 496 g/mol. The smallest absolute Gasteiger partial charge is 0.394 e. The molecule has 1 aliphatic rings. The average molecular weight is 520 g/mol. The number of hydrogen-bond acceptors (Lipinski definition) is 6. The molecule has 0 saturated carbocycles. The van der Waals surface area contributed by atoms with E-state index < -0.39 is 23.3 Å². The van der Waals surface area contributed by atoms with E-state index >= 15 is 0 Å². The van der Waals surface area contributed by atoms with E-state index in [0.717, 1.165) is 10.1 Å². The van der Waals surface area contributed by atoms with E-state index in [4.69, 9.17) is 16.3 Å². The van der Waals surface area contributed by atoms with Crippen molar-refractivity contribution in [3.8, 4) is 11.5 Å². The van der Waals surface area contributed by atoms with Crippen molar-refractivity contribution in [3.05, 3.63) is 85.5 Å². The van der Waals surface area contributed by atoms with Crippen LogP contribution < -0.4 is 20.7 Å². The molecule has 4 rings (SSSR count). The average Bonchev–Trinajstić information content (AvgIpc) is 2.82. The van der Waals surface area contributed by atoms with Gasteiger partial charge in [0.15, 0.2) is 5.90 Å². The standard InChI is InChI=1S/C25H24ClF2N3O5/c1-25(27,28)36-19-5-3-4-18(14-19)35-22-16(12-15-6-8-17(26)9-7-15)13-20-21(29-22)30(2)24(34)31(10-11-32)23(20)33/h3-9,14,16,32H,10-13H2,1-2H3. The molecule has 0 bridgehead atoms. The molecule has 0 aliphatic carbocycles. The van der Waals surface area contributed by atoms with E-state index in [0.29, 0.717) is 23.9 Å². The van der Waals surface area contributed by atoms with Crippen molar-refractivity contribution >= 4 is 23.3 Å². The van der Waals surface area contributed by atoms with Crippen LogP contribution in [-0.4, -0.2) is 32.9 Å². The fourth-order valence-corrected chi connectivity index (χ4v) is 4.19. The molecule has 2 aromatic carbocycles. The first kappa shape index (κ1) is 25.6. The third-order valence-corrected chi connectivity index (χ3v) is 5.92. The van der Waals surface area contributed by atoms with Gasteiger partial charge in [-0.3, -0.25) is 13.9 Å². The largest absolute Gasteiger partial charge is 0.442 e. The first-order chi connectivity index (χ1) is 17.1. The Morgan fingerprint density at radius 3 is 2.53 bits per heavy atom. The summed E-state index contributed by atoms with van der Waals surface area (Å²) >= 11 is 6.01. The fraction of sp³-hybridized carbons (Fsp3) is 0.320. The highest BCUT2D eigenvalue weighted by Crippen LogP contribution is 2.31. The van der Waals surface area contributed by atoms with Crippen molar-refractivity contribution in [3.63, 3.8) is 0 Å². The Hall–Kier alpha value is -3.50. The number of hydrogen-bond donors (Lipinski definition) is 1. The molecule has 36 heavy (non-hydrogen) atoms. The highest BCUT2D eigenvalue weighted by molar-refractivity contribution is 6.30. The van der Waals surface area contributed by atoms with Crippen LogP contribution in [0.5, 0.6) is 11.5 Å². The van der Waals surface area contributed by atoms with Crippen molar-refractivity contribution in [1.29, 1.82) is 0 Å². The SMILES string of the molecule is Cn1c2c(c(=O)n(CCO)c1=O)CC(Cc1ccc(Cl)cc1)C(Oc1cccc(OC(C)(F)F)c1)=N2. The molecule has 1 aliphatic heterocycles. The highest BCUT2D eigenvalue weighted by Gasteiger charge is 2.31. The van der Waals surface area contributed by atoms with E-state index in [2.05, 4.69) is 9.73 Å². The number of fused-ring (bicyclic) bond motifs is 1. The van der Waals surface area contributed by atoms with Gasteiger partial charge in [-0.05, 0) is 42.7 Å². The third kappa shape index (κ3) is 5.66. The molecular formula is C25H24ClF2N3O5. The van der Waals surface area contributed by atoms with Gasteiger partial charge in [-0.1, -0.05) is 29.8 Å². The zero-order valence-electron chi connectivity index (χ0n) is 19.6. The van der Waals surface area contributed by atoms with Crippen LogP contribution in [0.15, 0.2) is 63.1 Å². The van der Waals surface area contributed by atoms with Crippen molar-refractivity contribution in [1.82, 2.24) is 9.13 Å². The quantitative estimate of drug-likeness (QED) is 0.513. The van der Waals surface area contributed by atoms with E-state index in [9.17, 15) is 23.5 Å². The normalized spacial score (nSPS) is 15.3. The van der Waals surface area contributed by atoms with E-state index in [-0.39, 0.29) is 42.8 Å². The predicted molar refractivity (Wildman–Crippen MR) is 131 cm³/mol. The lowest BCUT2D eigenvalue weighted by Gasteiger charge is -2.26. The van der Waals surface area contributed by atoms with Crippen LogP contribution in [0.3, 0.4) is 0 Å². The third-order valence-electron chi connectivity index (χ3n) is 5.67. The Bertz CT molecular complexity index is 1410. The number of alkyl halides is 2. The molecule has 11 heteroatoms. The zero-order chi connectivity index (χ0) is 26.0. The lowest BCUT2D eigenvalue weighted by Crippen LogP contribution is -2.44. The number of aliphatic hydroxyl groups is 1. The minimum absolute atomic E-state index is 0.0923. The van der Waals surface area contributed by atoms with Gasteiger partial charge in [0, 0.05) is 31.0 Å². The Morgan fingerprint density at radius 2 is 1.86 bits per heavy atom. The van der Waals surface area contributed by atoms with Crippen molar-refractivity contribution in [2.24, 2.45) is 18.0 Å². The molecule has 3 aromatic rings. The van der Waals surface area contributed by atoms with Gasteiger partial charge in [-0.2, -0.15) is 13.8 Å². The molecule has 0 radical (unpaired) electrons. The minimum atomic E-state index is -3.37. The minimum Gasteiger partial charge on any atom is -0.442 e. The van der Waals surface area contributed by atoms with Crippen LogP contribution in [0.2, 0.25) is 5.02 Å². The van der Waals surface area contributed by atoms with Crippen LogP contribution >= 0.6 is 11.6 Å². The van der Waals surface area contributed by atoms with Gasteiger partial charge < -0.3 is 14.6 Å². The summed E-state index contributed by atoms with van der Waals surface area (Å²) in [6.07, 6.45) is -2.73. The number of halogens is 3. The molecule has 1 atom stereocenters. The topological polar surface area (TPSA) is 95.0 Å². The van der Waals surface area contributed by atoms with Gasteiger partial charge in [-0.15, -0.1) is 0 Å². The maximum atomic E-state index is 13.3. The molecule has 8 nitrogen and oxygen atoms in total. The number of rotatable bonds is 7. The van der Waals surface area contributed by atoms with Gasteiger partial charge >= 0.3 is 11.8 Å². The Balaban J connectivity index is 1.77. The maximum Gasteiger partial charge on any atom is 0.394 e. The van der Waals surface area contributed by atoms with Gasteiger partial charge in [0.25, 0.3) is 5.56 Å². The summed E-state index contributed by atoms with van der Waals surface area (Å²) in [6.45, 7) is 0.131. The predicted octanol–water partition coefficient (Wildman–Crippen LogP) is 3.71. The van der Waals surface area contributed by atoms with E-state index in [1.807, 2.05) is 12.1 Å². The second kappa shape index (κ2) is 10.2. The highest BCUT2D eigenvalue weighted by atomic mass is 35.5. The van der Waals surface area contributed by atoms with Crippen molar-refractivity contribution in [2.75, 3.05) is 6.61 Å². The summed E-state index contributed by atoms with van der Waals surface area (Å²) in [7, 11) is 1.48. The molecule has 1 aromatic heterocycles. The molecule has 0 fully saturated rings. The van der Waals surface area contributed by atoms with Crippen LogP contribution in [0.1, 0.15) is 18.1 Å². The number of aliphatic hydroxyl groups excluding tert-OH is 1. The number of benzene rings is 2. The molecule has 0 amide bonds. The first-order valence-electron chi connectivity index (χ1n) is 11.2. The molecule has 190 valence electrons. The van der Waals surface area contributed by atoms with Crippen LogP contribution in [0.4, 0.5) is 14.6 Å². The molecule has 1 unspecified atom stereocenters. The second-order valence-corrected chi connectivity index (χ2v) is 8.93. The molecule has 1 N–H and O–H groups in total. The second-order valence-electron chi connectivity index (χ2n) is 8.49. The van der Waals surface area contributed by atoms with E-state index in [1.54, 1.807) is 18.2 Å². The fourth-order valence-electron chi connectivity index (χ4n) is 4.07. The summed E-state index contributed by atoms with van der Waals surface area (Å²) in [6, 6.07) is 12.9. The van der Waals surface area contributed by atoms with Crippen LogP contribution in [-0.2, 0) is 26.4 Å². The van der Waals surface area contributed by atoms with Gasteiger partial charge in [-0.25, -0.2) is 4.79 Å². The van der Waals surface area contributed by atoms with Crippen molar-refractivity contribution < 1.29 is 23.4 Å². The Morgan fingerprint density at radius 1 is 1.17 bits per heavy atom. The number of ether oxygens (including phenoxy) is 2. The lowest BCUT2D eigenvalue weighted by atomic mass is 9.91. The van der Waals surface area contributed by atoms with Crippen molar-refractivity contribution in [2.45, 2.75) is 32.4 Å². The van der Waals surface area contributed by atoms with Gasteiger partial charge in [0.05, 0.1) is 18.7 Å². The maximum absolute atomic E-state index is 13.3. The van der Waals surface area contributed by atoms with E-state index in [1.165, 1.54) is 29.8 Å². The van der Waals surface area contributed by atoms with Gasteiger partial charge in [0.2, 0.25) is 0 Å². The van der Waals surface area contributed by atoms with Crippen LogP contribution in [0, 0.1) is 5.92 Å². The summed E-state index contributed by atoms with van der Waals surface area (Å²) in [5.74, 6) is 0.0638. The Labute approximate surface area is 210 Å². The molecule has 0 saturated heterocycles. The summed E-state index contributed by atoms with van der Waals surface area (Å²) in [5.41, 5.74) is 0.0891. The first-order valence-corrected chi connectivity index (χ1v) is 11.5. The number of aliphatic imine (C=N–C) groups is 1. The summed E-state index contributed by atoms with van der Waals surface area (Å²) in [5, 5.41) is 9.88. The van der Waals surface area contributed by atoms with Gasteiger partial charge in [0.1, 0.15) is 17.3 Å². The lowest BCUT2D eigenvalue weighted by molar-refractivity contribution is -0.158. The molecule has 0 spiro atoms. The summed E-state index contributed by atoms with van der Waals surface area (Å²) in [4.78, 5) is 30.3. The number of aromatic nitrogens is 2.